The Kier molecular flexibility index (Phi) is 3.38. The Labute approximate surface area is 127 Å². The van der Waals surface area contributed by atoms with Gasteiger partial charge in [-0.05, 0) is 43.9 Å². The van der Waals surface area contributed by atoms with E-state index in [0.29, 0.717) is 15.7 Å². The molecule has 0 bridgehead atoms. The molecule has 2 atom stereocenters. The molecule has 106 valence electrons. The standard InChI is InChI=1S/C14H14Cl2N2O2/c1-7-13(19)17-12(8-2-3-8)14(20)18(7)9-4-5-10(15)11(16)6-9/h4-8,12H,2-3H2,1H3,(H,17,19). The third kappa shape index (κ3) is 2.27. The smallest absolute Gasteiger partial charge is 0.250 e. The normalized spacial score (nSPS) is 26.6. The van der Waals surface area contributed by atoms with E-state index in [1.165, 1.54) is 4.90 Å². The number of rotatable bonds is 2. The van der Waals surface area contributed by atoms with Crippen molar-refractivity contribution < 1.29 is 9.59 Å². The number of piperazine rings is 1. The summed E-state index contributed by atoms with van der Waals surface area (Å²) in [6, 6.07) is 4.02. The summed E-state index contributed by atoms with van der Waals surface area (Å²) in [7, 11) is 0. The molecule has 1 aromatic carbocycles. The van der Waals surface area contributed by atoms with Crippen LogP contribution in [0.15, 0.2) is 18.2 Å². The molecule has 1 aliphatic heterocycles. The number of benzene rings is 1. The monoisotopic (exact) mass is 312 g/mol. The third-order valence-corrected chi connectivity index (χ3v) is 4.58. The minimum absolute atomic E-state index is 0.0713. The van der Waals surface area contributed by atoms with E-state index in [4.69, 9.17) is 23.2 Å². The second-order valence-electron chi connectivity index (χ2n) is 5.31. The molecule has 2 aliphatic rings. The van der Waals surface area contributed by atoms with Crippen molar-refractivity contribution in [2.24, 2.45) is 5.92 Å². The number of nitrogens with zero attached hydrogens (tertiary/aromatic N) is 1. The van der Waals surface area contributed by atoms with E-state index in [1.54, 1.807) is 25.1 Å². The van der Waals surface area contributed by atoms with Crippen LogP contribution in [0.2, 0.25) is 10.0 Å². The average molecular weight is 313 g/mol. The summed E-state index contributed by atoms with van der Waals surface area (Å²) in [4.78, 5) is 26.2. The number of halogens is 2. The highest BCUT2D eigenvalue weighted by Gasteiger charge is 2.46. The summed E-state index contributed by atoms with van der Waals surface area (Å²) in [5.74, 6) is 0.0646. The number of amides is 2. The molecule has 3 rings (SSSR count). The van der Waals surface area contributed by atoms with Gasteiger partial charge in [0.1, 0.15) is 12.1 Å². The van der Waals surface area contributed by atoms with Crippen molar-refractivity contribution in [3.8, 4) is 0 Å². The van der Waals surface area contributed by atoms with Crippen LogP contribution in [0, 0.1) is 5.92 Å². The van der Waals surface area contributed by atoms with Crippen molar-refractivity contribution in [2.45, 2.75) is 31.8 Å². The number of nitrogens with one attached hydrogen (secondary N) is 1. The summed E-state index contributed by atoms with van der Waals surface area (Å²) < 4.78 is 0. The fourth-order valence-corrected chi connectivity index (χ4v) is 2.82. The SMILES string of the molecule is CC1C(=O)NC(C2CC2)C(=O)N1c1ccc(Cl)c(Cl)c1. The number of anilines is 1. The molecule has 2 amide bonds. The molecule has 6 heteroatoms. The lowest BCUT2D eigenvalue weighted by Gasteiger charge is -2.37. The van der Waals surface area contributed by atoms with Crippen molar-refractivity contribution in [3.05, 3.63) is 28.2 Å². The van der Waals surface area contributed by atoms with Gasteiger partial charge in [-0.2, -0.15) is 0 Å². The van der Waals surface area contributed by atoms with Gasteiger partial charge in [0, 0.05) is 5.69 Å². The molecule has 1 saturated carbocycles. The summed E-state index contributed by atoms with van der Waals surface area (Å²) in [6.45, 7) is 1.71. The van der Waals surface area contributed by atoms with Gasteiger partial charge in [-0.3, -0.25) is 14.5 Å². The second kappa shape index (κ2) is 4.93. The summed E-state index contributed by atoms with van der Waals surface area (Å²) >= 11 is 11.9. The fourth-order valence-electron chi connectivity index (χ4n) is 2.53. The topological polar surface area (TPSA) is 49.4 Å². The van der Waals surface area contributed by atoms with E-state index < -0.39 is 12.1 Å². The first-order chi connectivity index (χ1) is 9.49. The highest BCUT2D eigenvalue weighted by atomic mass is 35.5. The predicted octanol–water partition coefficient (Wildman–Crippen LogP) is 2.62. The Morgan fingerprint density at radius 1 is 1.20 bits per heavy atom. The maximum atomic E-state index is 12.6. The Morgan fingerprint density at radius 3 is 2.50 bits per heavy atom. The lowest BCUT2D eigenvalue weighted by molar-refractivity contribution is -0.133. The molecule has 0 spiro atoms. The summed E-state index contributed by atoms with van der Waals surface area (Å²) in [6.07, 6.45) is 1.97. The van der Waals surface area contributed by atoms with Crippen LogP contribution in [0.5, 0.6) is 0 Å². The number of hydrogen-bond acceptors (Lipinski definition) is 2. The molecule has 1 N–H and O–H groups in total. The van der Waals surface area contributed by atoms with Gasteiger partial charge in [-0.1, -0.05) is 23.2 Å². The van der Waals surface area contributed by atoms with Crippen LogP contribution in [0.4, 0.5) is 5.69 Å². The van der Waals surface area contributed by atoms with Crippen LogP contribution in [0.3, 0.4) is 0 Å². The number of carbonyl (C=O) groups excluding carboxylic acids is 2. The van der Waals surface area contributed by atoms with Crippen LogP contribution in [-0.4, -0.2) is 23.9 Å². The van der Waals surface area contributed by atoms with Crippen molar-refractivity contribution >= 4 is 40.7 Å². The highest BCUT2D eigenvalue weighted by molar-refractivity contribution is 6.42. The third-order valence-electron chi connectivity index (χ3n) is 3.84. The maximum Gasteiger partial charge on any atom is 0.250 e. The Morgan fingerprint density at radius 2 is 1.90 bits per heavy atom. The Balaban J connectivity index is 1.97. The van der Waals surface area contributed by atoms with E-state index in [1.807, 2.05) is 0 Å². The molecule has 2 unspecified atom stereocenters. The zero-order chi connectivity index (χ0) is 14.4. The van der Waals surface area contributed by atoms with Crippen LogP contribution in [0.25, 0.3) is 0 Å². The van der Waals surface area contributed by atoms with Crippen LogP contribution in [-0.2, 0) is 9.59 Å². The minimum atomic E-state index is -0.547. The molecule has 1 saturated heterocycles. The molecular formula is C14H14Cl2N2O2. The Bertz CT molecular complexity index is 587. The van der Waals surface area contributed by atoms with Gasteiger partial charge < -0.3 is 5.32 Å². The van der Waals surface area contributed by atoms with E-state index in [0.717, 1.165) is 12.8 Å². The molecule has 1 aromatic rings. The molecule has 0 radical (unpaired) electrons. The molecular weight excluding hydrogens is 299 g/mol. The van der Waals surface area contributed by atoms with Crippen LogP contribution in [0.1, 0.15) is 19.8 Å². The van der Waals surface area contributed by atoms with E-state index in [9.17, 15) is 9.59 Å². The van der Waals surface area contributed by atoms with Crippen molar-refractivity contribution in [2.75, 3.05) is 4.90 Å². The van der Waals surface area contributed by atoms with Gasteiger partial charge in [0.2, 0.25) is 5.91 Å². The first-order valence-corrected chi connectivity index (χ1v) is 7.33. The van der Waals surface area contributed by atoms with Gasteiger partial charge >= 0.3 is 0 Å². The molecule has 4 nitrogen and oxygen atoms in total. The average Bonchev–Trinajstić information content (AvgIpc) is 3.22. The van der Waals surface area contributed by atoms with Crippen LogP contribution >= 0.6 is 23.2 Å². The second-order valence-corrected chi connectivity index (χ2v) is 6.12. The molecule has 1 heterocycles. The maximum absolute atomic E-state index is 12.6. The highest BCUT2D eigenvalue weighted by Crippen LogP contribution is 2.37. The zero-order valence-electron chi connectivity index (χ0n) is 10.9. The van der Waals surface area contributed by atoms with Gasteiger partial charge in [0.15, 0.2) is 0 Å². The predicted molar refractivity (Wildman–Crippen MR) is 78.1 cm³/mol. The first-order valence-electron chi connectivity index (χ1n) is 6.57. The quantitative estimate of drug-likeness (QED) is 0.912. The van der Waals surface area contributed by atoms with Crippen molar-refractivity contribution in [3.63, 3.8) is 0 Å². The van der Waals surface area contributed by atoms with E-state index >= 15 is 0 Å². The van der Waals surface area contributed by atoms with E-state index in [-0.39, 0.29) is 17.7 Å². The van der Waals surface area contributed by atoms with Gasteiger partial charge in [-0.25, -0.2) is 0 Å². The zero-order valence-corrected chi connectivity index (χ0v) is 12.4. The van der Waals surface area contributed by atoms with Gasteiger partial charge in [-0.15, -0.1) is 0 Å². The molecule has 20 heavy (non-hydrogen) atoms. The molecule has 0 aromatic heterocycles. The van der Waals surface area contributed by atoms with Gasteiger partial charge in [0.25, 0.3) is 5.91 Å². The Hall–Kier alpha value is -1.26. The number of hydrogen-bond donors (Lipinski definition) is 1. The lowest BCUT2D eigenvalue weighted by atomic mass is 10.0. The number of carbonyl (C=O) groups is 2. The fraction of sp³-hybridized carbons (Fsp3) is 0.429. The van der Waals surface area contributed by atoms with E-state index in [2.05, 4.69) is 5.32 Å². The summed E-state index contributed by atoms with van der Waals surface area (Å²) in [5, 5.41) is 3.61. The first kappa shape index (κ1) is 13.7. The molecule has 1 aliphatic carbocycles. The van der Waals surface area contributed by atoms with Crippen molar-refractivity contribution in [1.82, 2.24) is 5.32 Å². The van der Waals surface area contributed by atoms with Gasteiger partial charge in [0.05, 0.1) is 10.0 Å². The lowest BCUT2D eigenvalue weighted by Crippen LogP contribution is -2.63. The summed E-state index contributed by atoms with van der Waals surface area (Å²) in [5.41, 5.74) is 0.609. The molecule has 2 fully saturated rings. The largest absolute Gasteiger partial charge is 0.342 e. The van der Waals surface area contributed by atoms with Crippen LogP contribution < -0.4 is 10.2 Å². The van der Waals surface area contributed by atoms with Crippen molar-refractivity contribution in [1.29, 1.82) is 0 Å². The minimum Gasteiger partial charge on any atom is -0.342 e.